The zero-order valence-electron chi connectivity index (χ0n) is 7.35. The molecule has 0 aliphatic carbocycles. The number of hydrogen-bond acceptors (Lipinski definition) is 1. The molecule has 1 nitrogen and oxygen atoms in total. The summed E-state index contributed by atoms with van der Waals surface area (Å²) in [5.74, 6) is 0. The number of rotatable bonds is 2. The van der Waals surface area contributed by atoms with Crippen molar-refractivity contribution in [2.24, 2.45) is 0 Å². The zero-order chi connectivity index (χ0) is 10.7. The summed E-state index contributed by atoms with van der Waals surface area (Å²) < 4.78 is 0. The molecule has 0 radical (unpaired) electrons. The number of benzene rings is 1. The fourth-order valence-corrected chi connectivity index (χ4v) is 1.46. The van der Waals surface area contributed by atoms with Gasteiger partial charge in [-0.25, -0.2) is 0 Å². The van der Waals surface area contributed by atoms with Crippen molar-refractivity contribution < 1.29 is 4.79 Å². The fourth-order valence-electron chi connectivity index (χ4n) is 0.995. The first-order valence-electron chi connectivity index (χ1n) is 3.84. The number of carbonyl (C=O) groups is 1. The average molecular weight is 250 g/mol. The van der Waals surface area contributed by atoms with E-state index in [1.807, 2.05) is 0 Å². The van der Waals surface area contributed by atoms with Crippen LogP contribution in [0.4, 0.5) is 0 Å². The van der Waals surface area contributed by atoms with E-state index in [1.165, 1.54) is 6.08 Å². The molecule has 0 aromatic heterocycles. The summed E-state index contributed by atoms with van der Waals surface area (Å²) in [5.41, 5.74) is 1.58. The molecule has 0 fully saturated rings. The molecule has 0 bridgehead atoms. The lowest BCUT2D eigenvalue weighted by atomic mass is 10.1. The maximum absolute atomic E-state index is 10.6. The summed E-state index contributed by atoms with van der Waals surface area (Å²) in [6.07, 6.45) is 1.33. The van der Waals surface area contributed by atoms with E-state index < -0.39 is 5.24 Å². The van der Waals surface area contributed by atoms with E-state index in [4.69, 9.17) is 34.8 Å². The van der Waals surface area contributed by atoms with Crippen LogP contribution in [0.5, 0.6) is 0 Å². The number of hydrogen-bond donors (Lipinski definition) is 0. The van der Waals surface area contributed by atoms with Crippen LogP contribution >= 0.6 is 34.8 Å². The van der Waals surface area contributed by atoms with Gasteiger partial charge in [0.25, 0.3) is 0 Å². The maximum atomic E-state index is 10.6. The molecule has 0 unspecified atom stereocenters. The monoisotopic (exact) mass is 248 g/mol. The van der Waals surface area contributed by atoms with Crippen LogP contribution in [0.3, 0.4) is 0 Å². The molecule has 0 N–H and O–H groups in total. The second-order valence-electron chi connectivity index (χ2n) is 2.76. The van der Waals surface area contributed by atoms with Gasteiger partial charge in [0.05, 0.1) is 10.0 Å². The van der Waals surface area contributed by atoms with E-state index in [9.17, 15) is 4.79 Å². The second kappa shape index (κ2) is 4.83. The molecule has 14 heavy (non-hydrogen) atoms. The Morgan fingerprint density at radius 1 is 1.29 bits per heavy atom. The van der Waals surface area contributed by atoms with Crippen LogP contribution in [-0.4, -0.2) is 5.24 Å². The van der Waals surface area contributed by atoms with Crippen LogP contribution in [0.25, 0.3) is 5.57 Å². The Morgan fingerprint density at radius 3 is 2.43 bits per heavy atom. The number of halogens is 3. The number of allylic oxidation sites excluding steroid dienone is 2. The fraction of sp³-hybridized carbons (Fsp3) is 0.100. The van der Waals surface area contributed by atoms with E-state index in [0.717, 1.165) is 11.1 Å². The SMILES string of the molecule is CC(=CC(=O)Cl)c1ccc(Cl)c(Cl)c1. The summed E-state index contributed by atoms with van der Waals surface area (Å²) in [6, 6.07) is 5.14. The molecule has 1 aromatic carbocycles. The molecule has 0 amide bonds. The van der Waals surface area contributed by atoms with E-state index in [2.05, 4.69) is 0 Å². The van der Waals surface area contributed by atoms with Gasteiger partial charge in [0.2, 0.25) is 5.24 Å². The van der Waals surface area contributed by atoms with E-state index >= 15 is 0 Å². The zero-order valence-corrected chi connectivity index (χ0v) is 9.62. The first-order valence-corrected chi connectivity index (χ1v) is 4.97. The smallest absolute Gasteiger partial charge is 0.245 e. The van der Waals surface area contributed by atoms with Gasteiger partial charge in [0.15, 0.2) is 0 Å². The highest BCUT2D eigenvalue weighted by Crippen LogP contribution is 2.25. The summed E-state index contributed by atoms with van der Waals surface area (Å²) in [7, 11) is 0. The third-order valence-electron chi connectivity index (χ3n) is 1.70. The molecule has 0 heterocycles. The Labute approximate surface area is 97.3 Å². The molecular formula is C10H7Cl3O. The molecule has 0 spiro atoms. The van der Waals surface area contributed by atoms with E-state index in [0.29, 0.717) is 10.0 Å². The van der Waals surface area contributed by atoms with Crippen LogP contribution < -0.4 is 0 Å². The Kier molecular flexibility index (Phi) is 3.99. The van der Waals surface area contributed by atoms with E-state index in [-0.39, 0.29) is 0 Å². The largest absolute Gasteiger partial charge is 0.276 e. The first kappa shape index (κ1) is 11.6. The van der Waals surface area contributed by atoms with Crippen molar-refractivity contribution in [3.63, 3.8) is 0 Å². The van der Waals surface area contributed by atoms with Crippen molar-refractivity contribution in [3.8, 4) is 0 Å². The molecule has 1 aromatic rings. The van der Waals surface area contributed by atoms with Crippen molar-refractivity contribution in [2.75, 3.05) is 0 Å². The molecular weight excluding hydrogens is 242 g/mol. The van der Waals surface area contributed by atoms with Gasteiger partial charge in [-0.3, -0.25) is 4.79 Å². The highest BCUT2D eigenvalue weighted by Gasteiger charge is 2.02. The third kappa shape index (κ3) is 3.02. The van der Waals surface area contributed by atoms with Crippen molar-refractivity contribution >= 4 is 45.6 Å². The van der Waals surface area contributed by atoms with E-state index in [1.54, 1.807) is 25.1 Å². The second-order valence-corrected chi connectivity index (χ2v) is 3.95. The first-order chi connectivity index (χ1) is 6.50. The van der Waals surface area contributed by atoms with Gasteiger partial charge in [-0.15, -0.1) is 0 Å². The molecule has 4 heteroatoms. The highest BCUT2D eigenvalue weighted by molar-refractivity contribution is 6.67. The summed E-state index contributed by atoms with van der Waals surface area (Å²) in [4.78, 5) is 10.6. The Balaban J connectivity index is 3.09. The predicted molar refractivity (Wildman–Crippen MR) is 61.0 cm³/mol. The van der Waals surface area contributed by atoms with Gasteiger partial charge in [-0.05, 0) is 41.8 Å². The molecule has 0 aliphatic heterocycles. The Hall–Kier alpha value is -0.500. The van der Waals surface area contributed by atoms with Gasteiger partial charge < -0.3 is 0 Å². The van der Waals surface area contributed by atoms with Crippen molar-refractivity contribution in [1.82, 2.24) is 0 Å². The Morgan fingerprint density at radius 2 is 1.93 bits per heavy atom. The summed E-state index contributed by atoms with van der Waals surface area (Å²) >= 11 is 16.8. The molecule has 74 valence electrons. The third-order valence-corrected chi connectivity index (χ3v) is 2.55. The lowest BCUT2D eigenvalue weighted by Gasteiger charge is -2.02. The standard InChI is InChI=1S/C10H7Cl3O/c1-6(4-10(13)14)7-2-3-8(11)9(12)5-7/h2-5H,1H3. The van der Waals surface area contributed by atoms with Crippen LogP contribution in [-0.2, 0) is 4.79 Å². The quantitative estimate of drug-likeness (QED) is 0.568. The number of carbonyl (C=O) groups excluding carboxylic acids is 1. The van der Waals surface area contributed by atoms with Crippen molar-refractivity contribution in [3.05, 3.63) is 39.9 Å². The summed E-state index contributed by atoms with van der Waals surface area (Å²) in [5, 5.41) is 0.438. The van der Waals surface area contributed by atoms with Crippen LogP contribution in [0.1, 0.15) is 12.5 Å². The van der Waals surface area contributed by atoms with Crippen LogP contribution in [0.15, 0.2) is 24.3 Å². The van der Waals surface area contributed by atoms with Gasteiger partial charge in [-0.1, -0.05) is 29.3 Å². The molecule has 0 saturated heterocycles. The molecule has 0 saturated carbocycles. The Bertz CT molecular complexity index is 396. The van der Waals surface area contributed by atoms with Gasteiger partial charge in [0.1, 0.15) is 0 Å². The molecule has 1 rings (SSSR count). The average Bonchev–Trinajstić information content (AvgIpc) is 2.08. The molecule has 0 atom stereocenters. The predicted octanol–water partition coefficient (Wildman–Crippen LogP) is 4.16. The van der Waals surface area contributed by atoms with Gasteiger partial charge in [-0.2, -0.15) is 0 Å². The lowest BCUT2D eigenvalue weighted by Crippen LogP contribution is -1.84. The molecule has 0 aliphatic rings. The van der Waals surface area contributed by atoms with Crippen molar-refractivity contribution in [1.29, 1.82) is 0 Å². The van der Waals surface area contributed by atoms with Gasteiger partial charge in [0, 0.05) is 6.08 Å². The highest BCUT2D eigenvalue weighted by atomic mass is 35.5. The summed E-state index contributed by atoms with van der Waals surface area (Å²) in [6.45, 7) is 1.78. The van der Waals surface area contributed by atoms with Gasteiger partial charge >= 0.3 is 0 Å². The topological polar surface area (TPSA) is 17.1 Å². The normalized spacial score (nSPS) is 11.6. The maximum Gasteiger partial charge on any atom is 0.245 e. The van der Waals surface area contributed by atoms with Crippen molar-refractivity contribution in [2.45, 2.75) is 6.92 Å². The van der Waals surface area contributed by atoms with Crippen LogP contribution in [0, 0.1) is 0 Å². The lowest BCUT2D eigenvalue weighted by molar-refractivity contribution is -0.107. The minimum atomic E-state index is -0.506. The minimum absolute atomic E-state index is 0.457. The minimum Gasteiger partial charge on any atom is -0.276 e. The van der Waals surface area contributed by atoms with Crippen LogP contribution in [0.2, 0.25) is 10.0 Å².